The van der Waals surface area contributed by atoms with E-state index < -0.39 is 10.1 Å². The number of aryl methyl sites for hydroxylation is 1. The fourth-order valence-electron chi connectivity index (χ4n) is 3.85. The van der Waals surface area contributed by atoms with Crippen molar-refractivity contribution in [2.75, 3.05) is 33.0 Å². The van der Waals surface area contributed by atoms with Gasteiger partial charge in [-0.2, -0.15) is 8.42 Å². The van der Waals surface area contributed by atoms with E-state index in [9.17, 15) is 8.42 Å². The summed E-state index contributed by atoms with van der Waals surface area (Å²) in [5.74, 6) is 0.892. The van der Waals surface area contributed by atoms with Crippen LogP contribution in [0.1, 0.15) is 82.3 Å². The lowest BCUT2D eigenvalue weighted by Crippen LogP contribution is -2.13. The van der Waals surface area contributed by atoms with Crippen LogP contribution in [0.15, 0.2) is 53.4 Å². The highest BCUT2D eigenvalue weighted by atomic mass is 32.2. The maximum absolute atomic E-state index is 12.1. The zero-order chi connectivity index (χ0) is 26.6. The summed E-state index contributed by atoms with van der Waals surface area (Å²) in [7, 11) is -3.75. The van der Waals surface area contributed by atoms with E-state index in [2.05, 4.69) is 6.92 Å². The van der Waals surface area contributed by atoms with Gasteiger partial charge in [-0.05, 0) is 43.2 Å². The quantitative estimate of drug-likeness (QED) is 0.117. The summed E-state index contributed by atoms with van der Waals surface area (Å²) in [5, 5.41) is 0. The van der Waals surface area contributed by atoms with Crippen molar-refractivity contribution in [1.82, 2.24) is 0 Å². The molecule has 0 N–H and O–H groups in total. The second-order valence-corrected chi connectivity index (χ2v) is 11.0. The Kier molecular flexibility index (Phi) is 16.2. The van der Waals surface area contributed by atoms with Crippen molar-refractivity contribution in [2.45, 2.75) is 89.6 Å². The zero-order valence-electron chi connectivity index (χ0n) is 22.8. The van der Waals surface area contributed by atoms with Gasteiger partial charge in [-0.3, -0.25) is 4.18 Å². The van der Waals surface area contributed by atoms with Gasteiger partial charge in [0.25, 0.3) is 10.1 Å². The molecule has 0 amide bonds. The molecule has 0 aliphatic heterocycles. The smallest absolute Gasteiger partial charge is 0.297 e. The summed E-state index contributed by atoms with van der Waals surface area (Å²) in [4.78, 5) is 0.150. The van der Waals surface area contributed by atoms with Crippen molar-refractivity contribution < 1.29 is 26.8 Å². The molecule has 2 aromatic rings. The molecular weight excluding hydrogens is 488 g/mol. The Balaban J connectivity index is 1.43. The SMILES string of the molecule is CCCCCCCCCCCCOc1ccc(COCCOCCOS(=O)(=O)c2ccc(C)cc2)cc1. The van der Waals surface area contributed by atoms with Crippen LogP contribution in [0.3, 0.4) is 0 Å². The third-order valence-electron chi connectivity index (χ3n) is 6.11. The Morgan fingerprint density at radius 1 is 0.622 bits per heavy atom. The molecule has 0 fully saturated rings. The van der Waals surface area contributed by atoms with Gasteiger partial charge in [-0.1, -0.05) is 94.5 Å². The lowest BCUT2D eigenvalue weighted by Gasteiger charge is -2.09. The minimum absolute atomic E-state index is 0.0310. The van der Waals surface area contributed by atoms with Crippen molar-refractivity contribution in [3.63, 3.8) is 0 Å². The maximum Gasteiger partial charge on any atom is 0.297 e. The van der Waals surface area contributed by atoms with Crippen LogP contribution in [0.2, 0.25) is 0 Å². The fraction of sp³-hybridized carbons (Fsp3) is 0.600. The minimum Gasteiger partial charge on any atom is -0.494 e. The molecule has 0 saturated heterocycles. The minimum atomic E-state index is -3.75. The first-order valence-electron chi connectivity index (χ1n) is 13.8. The fourth-order valence-corrected chi connectivity index (χ4v) is 4.74. The van der Waals surface area contributed by atoms with Gasteiger partial charge >= 0.3 is 0 Å². The molecule has 6 nitrogen and oxygen atoms in total. The monoisotopic (exact) mass is 534 g/mol. The molecule has 0 saturated carbocycles. The van der Waals surface area contributed by atoms with E-state index in [1.807, 2.05) is 31.2 Å². The van der Waals surface area contributed by atoms with Crippen molar-refractivity contribution in [1.29, 1.82) is 0 Å². The van der Waals surface area contributed by atoms with Crippen LogP contribution >= 0.6 is 0 Å². The highest BCUT2D eigenvalue weighted by Gasteiger charge is 2.14. The molecule has 0 atom stereocenters. The summed E-state index contributed by atoms with van der Waals surface area (Å²) >= 11 is 0. The van der Waals surface area contributed by atoms with Crippen molar-refractivity contribution >= 4 is 10.1 Å². The Hall–Kier alpha value is -1.93. The van der Waals surface area contributed by atoms with E-state index in [0.29, 0.717) is 19.8 Å². The Morgan fingerprint density at radius 2 is 1.19 bits per heavy atom. The van der Waals surface area contributed by atoms with Gasteiger partial charge in [0.15, 0.2) is 0 Å². The first-order chi connectivity index (χ1) is 18.0. The van der Waals surface area contributed by atoms with Crippen molar-refractivity contribution in [3.05, 3.63) is 59.7 Å². The predicted molar refractivity (Wildman–Crippen MR) is 149 cm³/mol. The van der Waals surface area contributed by atoms with E-state index in [1.165, 1.54) is 69.9 Å². The lowest BCUT2D eigenvalue weighted by molar-refractivity contribution is 0.0310. The normalized spacial score (nSPS) is 11.6. The Morgan fingerprint density at radius 3 is 1.84 bits per heavy atom. The standard InChI is InChI=1S/C30H46O6S/c1-3-4-5-6-7-8-9-10-11-12-21-35-29-17-15-28(16-18-29)26-34-23-22-33-24-25-36-37(31,32)30-19-13-27(2)14-20-30/h13-20H,3-12,21-26H2,1-2H3. The molecule has 0 unspecified atom stereocenters. The zero-order valence-corrected chi connectivity index (χ0v) is 23.6. The van der Waals surface area contributed by atoms with Crippen LogP contribution in [0.25, 0.3) is 0 Å². The highest BCUT2D eigenvalue weighted by Crippen LogP contribution is 2.15. The van der Waals surface area contributed by atoms with E-state index in [0.717, 1.165) is 29.9 Å². The van der Waals surface area contributed by atoms with Crippen LogP contribution in [0.5, 0.6) is 5.75 Å². The number of unbranched alkanes of at least 4 members (excludes halogenated alkanes) is 9. The maximum atomic E-state index is 12.1. The van der Waals surface area contributed by atoms with Crippen molar-refractivity contribution in [2.24, 2.45) is 0 Å². The van der Waals surface area contributed by atoms with Crippen LogP contribution in [-0.2, 0) is 30.4 Å². The number of ether oxygens (including phenoxy) is 3. The molecule has 208 valence electrons. The third kappa shape index (κ3) is 14.6. The molecule has 0 aromatic heterocycles. The summed E-state index contributed by atoms with van der Waals surface area (Å²) < 4.78 is 46.1. The summed E-state index contributed by atoms with van der Waals surface area (Å²) in [6, 6.07) is 14.5. The number of rotatable bonds is 22. The van der Waals surface area contributed by atoms with E-state index in [-0.39, 0.29) is 18.1 Å². The van der Waals surface area contributed by atoms with E-state index in [1.54, 1.807) is 12.1 Å². The first kappa shape index (κ1) is 31.3. The van der Waals surface area contributed by atoms with Crippen LogP contribution in [0.4, 0.5) is 0 Å². The van der Waals surface area contributed by atoms with Crippen molar-refractivity contribution in [3.8, 4) is 5.75 Å². The van der Waals surface area contributed by atoms with Gasteiger partial charge in [0, 0.05) is 0 Å². The van der Waals surface area contributed by atoms with Gasteiger partial charge in [0.2, 0.25) is 0 Å². The molecule has 2 rings (SSSR count). The highest BCUT2D eigenvalue weighted by molar-refractivity contribution is 7.86. The molecule has 0 aliphatic rings. The molecule has 0 heterocycles. The summed E-state index contributed by atoms with van der Waals surface area (Å²) in [6.45, 7) is 6.35. The second kappa shape index (κ2) is 19.2. The molecule has 7 heteroatoms. The molecule has 2 aromatic carbocycles. The largest absolute Gasteiger partial charge is 0.494 e. The van der Waals surface area contributed by atoms with Crippen LogP contribution in [0, 0.1) is 6.92 Å². The molecule has 0 radical (unpaired) electrons. The summed E-state index contributed by atoms with van der Waals surface area (Å²) in [5.41, 5.74) is 2.06. The van der Waals surface area contributed by atoms with Crippen LogP contribution in [-0.4, -0.2) is 41.5 Å². The second-order valence-electron chi connectivity index (χ2n) is 9.43. The molecule has 0 aliphatic carbocycles. The van der Waals surface area contributed by atoms with Crippen LogP contribution < -0.4 is 4.74 Å². The molecule has 0 bridgehead atoms. The average molecular weight is 535 g/mol. The Labute approximate surface area is 224 Å². The van der Waals surface area contributed by atoms with Gasteiger partial charge in [-0.25, -0.2) is 0 Å². The average Bonchev–Trinajstić information content (AvgIpc) is 2.90. The van der Waals surface area contributed by atoms with Gasteiger partial charge in [0.05, 0.1) is 44.5 Å². The molecular formula is C30H46O6S. The Bertz CT molecular complexity index is 926. The topological polar surface area (TPSA) is 71.1 Å². The predicted octanol–water partition coefficient (Wildman–Crippen LogP) is 7.23. The molecule has 37 heavy (non-hydrogen) atoms. The van der Waals surface area contributed by atoms with Gasteiger partial charge in [0.1, 0.15) is 5.75 Å². The van der Waals surface area contributed by atoms with E-state index in [4.69, 9.17) is 18.4 Å². The number of hydrogen-bond acceptors (Lipinski definition) is 6. The third-order valence-corrected chi connectivity index (χ3v) is 7.43. The van der Waals surface area contributed by atoms with E-state index >= 15 is 0 Å². The first-order valence-corrected chi connectivity index (χ1v) is 15.3. The number of benzene rings is 2. The molecule has 0 spiro atoms. The summed E-state index contributed by atoms with van der Waals surface area (Å²) in [6.07, 6.45) is 13.2. The van der Waals surface area contributed by atoms with Gasteiger partial charge in [-0.15, -0.1) is 0 Å². The van der Waals surface area contributed by atoms with Gasteiger partial charge < -0.3 is 14.2 Å². The lowest BCUT2D eigenvalue weighted by atomic mass is 10.1. The number of hydrogen-bond donors (Lipinski definition) is 0.